The van der Waals surface area contributed by atoms with Crippen molar-refractivity contribution in [2.75, 3.05) is 45.2 Å². The molecule has 0 bridgehead atoms. The lowest BCUT2D eigenvalue weighted by molar-refractivity contribution is 0.203. The van der Waals surface area contributed by atoms with Crippen LogP contribution in [0.4, 0.5) is 10.5 Å². The second-order valence-electron chi connectivity index (χ2n) is 5.93. The normalized spacial score (nSPS) is 10.2. The van der Waals surface area contributed by atoms with Crippen molar-refractivity contribution in [1.29, 1.82) is 0 Å². The molecule has 2 aromatic rings. The third-order valence-corrected chi connectivity index (χ3v) is 3.92. The molecule has 0 spiro atoms. The van der Waals surface area contributed by atoms with Crippen LogP contribution in [0.5, 0.6) is 5.75 Å². The van der Waals surface area contributed by atoms with Gasteiger partial charge in [-0.15, -0.1) is 0 Å². The van der Waals surface area contributed by atoms with Gasteiger partial charge in [-0.3, -0.25) is 0 Å². The minimum absolute atomic E-state index is 0.0545. The largest absolute Gasteiger partial charge is 0.494 e. The van der Waals surface area contributed by atoms with Crippen LogP contribution < -0.4 is 15.0 Å². The second-order valence-corrected chi connectivity index (χ2v) is 5.93. The molecule has 0 heterocycles. The summed E-state index contributed by atoms with van der Waals surface area (Å²) >= 11 is 0. The smallest absolute Gasteiger partial charge is 0.317 e. The Morgan fingerprint density at radius 1 is 0.960 bits per heavy atom. The standard InChI is InChI=1S/C20H27N3O2/c1-22(18-10-5-3-6-11-18)16-14-21-20(24)23(2)15-9-17-25-19-12-7-4-8-13-19/h3-8,10-13H,9,14-17H2,1-2H3,(H,21,24). The molecule has 5 heteroatoms. The van der Waals surface area contributed by atoms with E-state index in [1.807, 2.05) is 55.6 Å². The highest BCUT2D eigenvalue weighted by Crippen LogP contribution is 2.10. The van der Waals surface area contributed by atoms with E-state index in [9.17, 15) is 4.79 Å². The molecule has 0 aliphatic rings. The molecule has 0 radical (unpaired) electrons. The van der Waals surface area contributed by atoms with Crippen molar-refractivity contribution in [2.45, 2.75) is 6.42 Å². The van der Waals surface area contributed by atoms with E-state index in [0.29, 0.717) is 19.7 Å². The van der Waals surface area contributed by atoms with Crippen LogP contribution in [0.25, 0.3) is 0 Å². The molecule has 25 heavy (non-hydrogen) atoms. The maximum atomic E-state index is 12.1. The Labute approximate surface area is 150 Å². The predicted molar refractivity (Wildman–Crippen MR) is 102 cm³/mol. The molecule has 0 atom stereocenters. The predicted octanol–water partition coefficient (Wildman–Crippen LogP) is 3.23. The molecule has 1 N–H and O–H groups in total. The van der Waals surface area contributed by atoms with Gasteiger partial charge in [0.15, 0.2) is 0 Å². The fourth-order valence-electron chi connectivity index (χ4n) is 2.39. The molecule has 5 nitrogen and oxygen atoms in total. The zero-order valence-corrected chi connectivity index (χ0v) is 15.0. The first-order valence-electron chi connectivity index (χ1n) is 8.60. The lowest BCUT2D eigenvalue weighted by atomic mass is 10.3. The van der Waals surface area contributed by atoms with Gasteiger partial charge >= 0.3 is 6.03 Å². The lowest BCUT2D eigenvalue weighted by Gasteiger charge is -2.21. The summed E-state index contributed by atoms with van der Waals surface area (Å²) in [6.07, 6.45) is 0.794. The number of nitrogens with one attached hydrogen (secondary N) is 1. The Morgan fingerprint density at radius 3 is 2.28 bits per heavy atom. The number of amides is 2. The summed E-state index contributed by atoms with van der Waals surface area (Å²) in [5.41, 5.74) is 1.14. The number of likely N-dealkylation sites (N-methyl/N-ethyl adjacent to an activating group) is 1. The number of hydrogen-bond donors (Lipinski definition) is 1. The number of anilines is 1. The first-order chi connectivity index (χ1) is 12.2. The van der Waals surface area contributed by atoms with Gasteiger partial charge in [0, 0.05) is 39.4 Å². The highest BCUT2D eigenvalue weighted by atomic mass is 16.5. The van der Waals surface area contributed by atoms with Gasteiger partial charge in [0.1, 0.15) is 5.75 Å². The number of nitrogens with zero attached hydrogens (tertiary/aromatic N) is 2. The summed E-state index contributed by atoms with van der Waals surface area (Å²) in [5.74, 6) is 0.860. The Hall–Kier alpha value is -2.69. The molecule has 0 saturated carbocycles. The Bertz CT molecular complexity index is 619. The van der Waals surface area contributed by atoms with Gasteiger partial charge in [-0.1, -0.05) is 36.4 Å². The van der Waals surface area contributed by atoms with Crippen molar-refractivity contribution < 1.29 is 9.53 Å². The molecular weight excluding hydrogens is 314 g/mol. The van der Waals surface area contributed by atoms with E-state index < -0.39 is 0 Å². The van der Waals surface area contributed by atoms with Crippen molar-refractivity contribution in [3.05, 3.63) is 60.7 Å². The molecule has 2 rings (SSSR count). The van der Waals surface area contributed by atoms with Crippen LogP contribution in [0.1, 0.15) is 6.42 Å². The third kappa shape index (κ3) is 6.75. The molecular formula is C20H27N3O2. The summed E-state index contributed by atoms with van der Waals surface area (Å²) in [4.78, 5) is 15.9. The van der Waals surface area contributed by atoms with Gasteiger partial charge in [-0.25, -0.2) is 4.79 Å². The van der Waals surface area contributed by atoms with E-state index in [1.54, 1.807) is 11.9 Å². The first kappa shape index (κ1) is 18.6. The van der Waals surface area contributed by atoms with Gasteiger partial charge < -0.3 is 19.9 Å². The Kier molecular flexibility index (Phi) is 7.63. The topological polar surface area (TPSA) is 44.8 Å². The summed E-state index contributed by atoms with van der Waals surface area (Å²) in [6, 6.07) is 19.8. The van der Waals surface area contributed by atoms with E-state index >= 15 is 0 Å². The average molecular weight is 341 g/mol. The maximum absolute atomic E-state index is 12.1. The highest BCUT2D eigenvalue weighted by Gasteiger charge is 2.08. The van der Waals surface area contributed by atoms with Crippen molar-refractivity contribution >= 4 is 11.7 Å². The van der Waals surface area contributed by atoms with Crippen LogP contribution in [-0.2, 0) is 0 Å². The van der Waals surface area contributed by atoms with Crippen molar-refractivity contribution in [2.24, 2.45) is 0 Å². The molecule has 0 aromatic heterocycles. The van der Waals surface area contributed by atoms with Crippen LogP contribution in [0.15, 0.2) is 60.7 Å². The minimum Gasteiger partial charge on any atom is -0.494 e. The fraction of sp³-hybridized carbons (Fsp3) is 0.350. The zero-order chi connectivity index (χ0) is 17.9. The van der Waals surface area contributed by atoms with E-state index in [-0.39, 0.29) is 6.03 Å². The molecule has 2 amide bonds. The third-order valence-electron chi connectivity index (χ3n) is 3.92. The number of para-hydroxylation sites is 2. The Balaban J connectivity index is 1.58. The van der Waals surface area contributed by atoms with Crippen LogP contribution in [0.2, 0.25) is 0 Å². The zero-order valence-electron chi connectivity index (χ0n) is 15.0. The van der Waals surface area contributed by atoms with Gasteiger partial charge in [0.2, 0.25) is 0 Å². The highest BCUT2D eigenvalue weighted by molar-refractivity contribution is 5.73. The van der Waals surface area contributed by atoms with Crippen LogP contribution >= 0.6 is 0 Å². The molecule has 0 fully saturated rings. The van der Waals surface area contributed by atoms with Crippen molar-refractivity contribution in [3.8, 4) is 5.75 Å². The van der Waals surface area contributed by atoms with Gasteiger partial charge in [-0.2, -0.15) is 0 Å². The van der Waals surface area contributed by atoms with E-state index in [4.69, 9.17) is 4.74 Å². The van der Waals surface area contributed by atoms with Crippen molar-refractivity contribution in [1.82, 2.24) is 10.2 Å². The lowest BCUT2D eigenvalue weighted by Crippen LogP contribution is -2.41. The van der Waals surface area contributed by atoms with E-state index in [1.165, 1.54) is 0 Å². The van der Waals surface area contributed by atoms with Crippen LogP contribution in [0.3, 0.4) is 0 Å². The summed E-state index contributed by atoms with van der Waals surface area (Å²) in [6.45, 7) is 2.63. The van der Waals surface area contributed by atoms with E-state index in [0.717, 1.165) is 24.4 Å². The molecule has 134 valence electrons. The summed E-state index contributed by atoms with van der Waals surface area (Å²) in [5, 5.41) is 2.95. The van der Waals surface area contributed by atoms with Crippen molar-refractivity contribution in [3.63, 3.8) is 0 Å². The average Bonchev–Trinajstić information content (AvgIpc) is 2.66. The number of rotatable bonds is 9. The summed E-state index contributed by atoms with van der Waals surface area (Å²) in [7, 11) is 3.82. The monoisotopic (exact) mass is 341 g/mol. The first-order valence-corrected chi connectivity index (χ1v) is 8.60. The maximum Gasteiger partial charge on any atom is 0.317 e. The number of carbonyl (C=O) groups excluding carboxylic acids is 1. The Morgan fingerprint density at radius 2 is 1.60 bits per heavy atom. The van der Waals surface area contributed by atoms with Gasteiger partial charge in [-0.05, 0) is 30.7 Å². The second kappa shape index (κ2) is 10.2. The number of urea groups is 1. The molecule has 0 unspecified atom stereocenters. The summed E-state index contributed by atoms with van der Waals surface area (Å²) < 4.78 is 5.63. The quantitative estimate of drug-likeness (QED) is 0.712. The number of ether oxygens (including phenoxy) is 1. The van der Waals surface area contributed by atoms with Gasteiger partial charge in [0.05, 0.1) is 6.61 Å². The SMILES string of the molecule is CN(CCCOc1ccccc1)C(=O)NCCN(C)c1ccccc1. The van der Waals surface area contributed by atoms with Gasteiger partial charge in [0.25, 0.3) is 0 Å². The number of carbonyl (C=O) groups is 1. The van der Waals surface area contributed by atoms with Crippen LogP contribution in [-0.4, -0.2) is 51.3 Å². The minimum atomic E-state index is -0.0545. The number of hydrogen-bond acceptors (Lipinski definition) is 3. The number of benzene rings is 2. The fourth-order valence-corrected chi connectivity index (χ4v) is 2.39. The van der Waals surface area contributed by atoms with E-state index in [2.05, 4.69) is 22.3 Å². The molecule has 0 saturated heterocycles. The van der Waals surface area contributed by atoms with Crippen LogP contribution in [0, 0.1) is 0 Å². The molecule has 0 aliphatic carbocycles. The molecule has 0 aliphatic heterocycles. The molecule has 2 aromatic carbocycles.